The highest BCUT2D eigenvalue weighted by molar-refractivity contribution is 6.17. The molecular weight excluding hydrogens is 604 g/mol. The van der Waals surface area contributed by atoms with E-state index in [1.165, 1.54) is 0 Å². The van der Waals surface area contributed by atoms with E-state index in [0.29, 0.717) is 17.6 Å². The standard InChI is InChI=1S/C38H40N6O4/c1-22-34(23(2)48-42-22)31-20-32-30(21-33(31)46-5)35-36(39-24(3)40-37(35)41-32)28-10-11-29(27-9-7-6-8-26(27)28)38(45)43-14-16-44(4,17-15-43)25-12-18-47-19-13-25/h6-11,20-21,25H,12-19H2,1-5H3/p+1. The van der Waals surface area contributed by atoms with Crippen LogP contribution in [0.1, 0.15) is 40.5 Å². The number of nitrogens with one attached hydrogen (secondary N) is 1. The molecule has 5 heterocycles. The van der Waals surface area contributed by atoms with Crippen LogP contribution in [0.4, 0.5) is 0 Å². The van der Waals surface area contributed by atoms with Gasteiger partial charge in [0, 0.05) is 40.4 Å². The number of aromatic amines is 1. The molecule has 10 nitrogen and oxygen atoms in total. The van der Waals surface area contributed by atoms with Gasteiger partial charge in [-0.25, -0.2) is 9.97 Å². The second-order valence-corrected chi connectivity index (χ2v) is 13.5. The molecule has 6 aromatic rings. The molecule has 0 spiro atoms. The number of benzene rings is 3. The number of rotatable bonds is 5. The van der Waals surface area contributed by atoms with Gasteiger partial charge in [-0.1, -0.05) is 35.5 Å². The van der Waals surface area contributed by atoms with Gasteiger partial charge >= 0.3 is 0 Å². The van der Waals surface area contributed by atoms with Gasteiger partial charge in [0.1, 0.15) is 23.0 Å². The number of aromatic nitrogens is 4. The highest BCUT2D eigenvalue weighted by Crippen LogP contribution is 2.42. The molecule has 1 N–H and O–H groups in total. The Morgan fingerprint density at radius 1 is 0.958 bits per heavy atom. The monoisotopic (exact) mass is 645 g/mol. The summed E-state index contributed by atoms with van der Waals surface area (Å²) in [7, 11) is 4.03. The van der Waals surface area contributed by atoms with Gasteiger partial charge < -0.3 is 28.4 Å². The third kappa shape index (κ3) is 4.93. The molecule has 3 aromatic carbocycles. The number of carbonyl (C=O) groups excluding carboxylic acids is 1. The van der Waals surface area contributed by atoms with E-state index in [1.54, 1.807) is 7.11 Å². The highest BCUT2D eigenvalue weighted by atomic mass is 16.5. The Bertz CT molecular complexity index is 2180. The molecule has 2 aliphatic rings. The van der Waals surface area contributed by atoms with Crippen LogP contribution >= 0.6 is 0 Å². The van der Waals surface area contributed by atoms with Crippen molar-refractivity contribution in [2.45, 2.75) is 39.7 Å². The number of quaternary nitrogens is 1. The van der Waals surface area contributed by atoms with Gasteiger partial charge in [-0.05, 0) is 49.7 Å². The number of piperazine rings is 1. The number of H-pyrrole nitrogens is 1. The number of hydrogen-bond acceptors (Lipinski definition) is 7. The van der Waals surface area contributed by atoms with E-state index in [2.05, 4.69) is 41.5 Å². The lowest BCUT2D eigenvalue weighted by atomic mass is 9.94. The van der Waals surface area contributed by atoms with Crippen molar-refractivity contribution in [2.24, 2.45) is 0 Å². The Balaban J connectivity index is 1.20. The van der Waals surface area contributed by atoms with E-state index in [9.17, 15) is 4.79 Å². The molecule has 8 rings (SSSR count). The number of ether oxygens (including phenoxy) is 2. The van der Waals surface area contributed by atoms with Gasteiger partial charge in [0.15, 0.2) is 0 Å². The first kappa shape index (κ1) is 30.5. The van der Waals surface area contributed by atoms with Crippen molar-refractivity contribution < 1.29 is 23.3 Å². The molecule has 10 heteroatoms. The quantitative estimate of drug-likeness (QED) is 0.211. The lowest BCUT2D eigenvalue weighted by Gasteiger charge is -2.48. The van der Waals surface area contributed by atoms with Gasteiger partial charge in [-0.2, -0.15) is 0 Å². The number of carbonyl (C=O) groups is 1. The van der Waals surface area contributed by atoms with Crippen LogP contribution in [-0.4, -0.2) is 95.0 Å². The molecule has 0 unspecified atom stereocenters. The summed E-state index contributed by atoms with van der Waals surface area (Å²) in [5.74, 6) is 2.19. The van der Waals surface area contributed by atoms with Crippen LogP contribution in [0.3, 0.4) is 0 Å². The maximum atomic E-state index is 14.1. The molecule has 2 saturated heterocycles. The van der Waals surface area contributed by atoms with Crippen LogP contribution in [0.15, 0.2) is 53.1 Å². The van der Waals surface area contributed by atoms with E-state index in [4.69, 9.17) is 24.0 Å². The van der Waals surface area contributed by atoms with E-state index >= 15 is 0 Å². The summed E-state index contributed by atoms with van der Waals surface area (Å²) in [5.41, 5.74) is 6.77. The fourth-order valence-corrected chi connectivity index (χ4v) is 8.02. The molecule has 0 atom stereocenters. The van der Waals surface area contributed by atoms with Crippen molar-refractivity contribution in [2.75, 3.05) is 53.6 Å². The predicted molar refractivity (Wildman–Crippen MR) is 186 cm³/mol. The fourth-order valence-electron chi connectivity index (χ4n) is 8.02. The van der Waals surface area contributed by atoms with Crippen LogP contribution in [0.5, 0.6) is 5.75 Å². The number of hydrogen-bond donors (Lipinski definition) is 1. The van der Waals surface area contributed by atoms with Crippen molar-refractivity contribution in [1.82, 2.24) is 25.0 Å². The molecule has 2 aliphatic heterocycles. The van der Waals surface area contributed by atoms with Crippen LogP contribution in [0, 0.1) is 20.8 Å². The fraction of sp³-hybridized carbons (Fsp3) is 0.368. The number of nitrogens with zero attached hydrogens (tertiary/aromatic N) is 5. The first-order valence-corrected chi connectivity index (χ1v) is 16.8. The number of fused-ring (bicyclic) bond motifs is 4. The van der Waals surface area contributed by atoms with Crippen LogP contribution in [0.2, 0.25) is 0 Å². The lowest BCUT2D eigenvalue weighted by molar-refractivity contribution is -0.938. The summed E-state index contributed by atoms with van der Waals surface area (Å²) in [6.07, 6.45) is 2.19. The van der Waals surface area contributed by atoms with Crippen LogP contribution < -0.4 is 4.74 Å². The maximum absolute atomic E-state index is 14.1. The first-order valence-electron chi connectivity index (χ1n) is 16.8. The van der Waals surface area contributed by atoms with Crippen molar-refractivity contribution in [1.29, 1.82) is 0 Å². The molecule has 0 aliphatic carbocycles. The van der Waals surface area contributed by atoms with Gasteiger partial charge in [0.25, 0.3) is 5.91 Å². The molecule has 246 valence electrons. The minimum Gasteiger partial charge on any atom is -0.496 e. The minimum absolute atomic E-state index is 0.0867. The number of amides is 1. The van der Waals surface area contributed by atoms with Gasteiger partial charge in [-0.3, -0.25) is 4.79 Å². The summed E-state index contributed by atoms with van der Waals surface area (Å²) in [4.78, 5) is 29.6. The first-order chi connectivity index (χ1) is 23.3. The van der Waals surface area contributed by atoms with E-state index < -0.39 is 0 Å². The minimum atomic E-state index is 0.0867. The van der Waals surface area contributed by atoms with Crippen LogP contribution in [0.25, 0.3) is 55.1 Å². The number of aryl methyl sites for hydroxylation is 3. The SMILES string of the molecule is COc1cc2c(cc1-c1c(C)noc1C)[nH]c1nc(C)nc(-c3ccc(C(=O)N4CC[N+](C)(C5CCOCC5)CC4)c4ccccc34)c12. The average molecular weight is 646 g/mol. The third-order valence-electron chi connectivity index (χ3n) is 10.7. The molecular formula is C38H41N6O4+. The van der Waals surface area contributed by atoms with Crippen molar-refractivity contribution in [3.8, 4) is 28.1 Å². The van der Waals surface area contributed by atoms with Gasteiger partial charge in [-0.15, -0.1) is 0 Å². The smallest absolute Gasteiger partial charge is 0.254 e. The Labute approximate surface area is 279 Å². The second kappa shape index (κ2) is 11.7. The molecule has 0 saturated carbocycles. The molecule has 0 bridgehead atoms. The molecule has 3 aromatic heterocycles. The summed E-state index contributed by atoms with van der Waals surface area (Å²) in [6, 6.07) is 16.9. The number of methoxy groups -OCH3 is 1. The Hall–Kier alpha value is -4.80. The van der Waals surface area contributed by atoms with Crippen molar-refractivity contribution in [3.63, 3.8) is 0 Å². The largest absolute Gasteiger partial charge is 0.496 e. The lowest BCUT2D eigenvalue weighted by Crippen LogP contribution is -2.63. The Kier molecular flexibility index (Phi) is 7.45. The zero-order valence-corrected chi connectivity index (χ0v) is 28.2. The summed E-state index contributed by atoms with van der Waals surface area (Å²) in [6.45, 7) is 10.9. The van der Waals surface area contributed by atoms with E-state index in [1.807, 2.05) is 49.9 Å². The van der Waals surface area contributed by atoms with Crippen molar-refractivity contribution >= 4 is 38.6 Å². The third-order valence-corrected chi connectivity index (χ3v) is 10.7. The molecule has 0 radical (unpaired) electrons. The highest BCUT2D eigenvalue weighted by Gasteiger charge is 2.38. The predicted octanol–water partition coefficient (Wildman–Crippen LogP) is 6.60. The number of likely N-dealkylation sites (N-methyl/N-ethyl adjacent to an activating group) is 1. The zero-order chi connectivity index (χ0) is 33.2. The second-order valence-electron chi connectivity index (χ2n) is 13.5. The molecule has 1 amide bonds. The average Bonchev–Trinajstić information content (AvgIpc) is 3.64. The summed E-state index contributed by atoms with van der Waals surface area (Å²) >= 11 is 0. The maximum Gasteiger partial charge on any atom is 0.254 e. The topological polar surface area (TPSA) is 106 Å². The Morgan fingerprint density at radius 2 is 1.71 bits per heavy atom. The normalized spacial score (nSPS) is 17.1. The van der Waals surface area contributed by atoms with E-state index in [0.717, 1.165) is 129 Å². The van der Waals surface area contributed by atoms with E-state index in [-0.39, 0.29) is 5.91 Å². The van der Waals surface area contributed by atoms with Crippen LogP contribution in [-0.2, 0) is 4.74 Å². The van der Waals surface area contributed by atoms with Gasteiger partial charge in [0.2, 0.25) is 0 Å². The molecule has 48 heavy (non-hydrogen) atoms. The summed E-state index contributed by atoms with van der Waals surface area (Å²) in [5, 5.41) is 7.93. The van der Waals surface area contributed by atoms with Crippen molar-refractivity contribution in [3.05, 3.63) is 71.4 Å². The zero-order valence-electron chi connectivity index (χ0n) is 28.2. The summed E-state index contributed by atoms with van der Waals surface area (Å²) < 4.78 is 18.0. The Morgan fingerprint density at radius 3 is 2.42 bits per heavy atom. The molecule has 2 fully saturated rings. The van der Waals surface area contributed by atoms with Gasteiger partial charge in [0.05, 0.1) is 81.9 Å².